The van der Waals surface area contributed by atoms with Gasteiger partial charge in [-0.25, -0.2) is 0 Å². The van der Waals surface area contributed by atoms with Crippen molar-refractivity contribution in [3.05, 3.63) is 42.3 Å². The van der Waals surface area contributed by atoms with Crippen molar-refractivity contribution in [2.75, 3.05) is 0 Å². The molecule has 5 heteroatoms. The normalized spacial score (nSPS) is 12.9. The van der Waals surface area contributed by atoms with Crippen molar-refractivity contribution in [2.45, 2.75) is 14.5 Å². The summed E-state index contributed by atoms with van der Waals surface area (Å²) in [6, 6.07) is 7.21. The summed E-state index contributed by atoms with van der Waals surface area (Å²) in [7, 11) is 0. The molecule has 0 aliphatic rings. The Balaban J connectivity index is 3.26. The van der Waals surface area contributed by atoms with Crippen LogP contribution in [0.15, 0.2) is 24.3 Å². The summed E-state index contributed by atoms with van der Waals surface area (Å²) in [5, 5.41) is 0. The van der Waals surface area contributed by atoms with E-state index in [9.17, 15) is 0 Å². The Morgan fingerprint density at radius 3 is 2.00 bits per heavy atom. The highest BCUT2D eigenvalue weighted by Crippen LogP contribution is 2.53. The molecule has 0 amide bonds. The molecule has 0 aliphatic carbocycles. The minimum Gasteiger partial charge on any atom is -0.0915 e. The van der Waals surface area contributed by atoms with Gasteiger partial charge in [0, 0.05) is 0 Å². The van der Waals surface area contributed by atoms with E-state index in [-0.39, 0.29) is 0 Å². The van der Waals surface area contributed by atoms with Gasteiger partial charge in [0.05, 0.1) is 0 Å². The van der Waals surface area contributed by atoms with E-state index in [0.717, 1.165) is 5.56 Å². The third-order valence-electron chi connectivity index (χ3n) is 1.98. The quantitative estimate of drug-likeness (QED) is 0.670. The smallest absolute Gasteiger partial charge is 0.0915 e. The molecule has 1 rings (SSSR count). The molecule has 83 valence electrons. The monoisotopic (exact) mass is 303 g/mol. The first kappa shape index (κ1) is 13.7. The second-order valence-electron chi connectivity index (χ2n) is 2.98. The summed E-state index contributed by atoms with van der Waals surface area (Å²) in [6.45, 7) is 3.77. The Morgan fingerprint density at radius 1 is 1.00 bits per heavy atom. The van der Waals surface area contributed by atoms with E-state index in [1.165, 1.54) is 0 Å². The SMILES string of the molecule is [CH2]Cc1ccccc1C(Cl)(Cl)C(Cl)(Cl)Cl. The van der Waals surface area contributed by atoms with Crippen LogP contribution in [0.1, 0.15) is 11.1 Å². The summed E-state index contributed by atoms with van der Waals surface area (Å²) in [5.74, 6) is 0. The third kappa shape index (κ3) is 2.87. The van der Waals surface area contributed by atoms with Gasteiger partial charge in [0.1, 0.15) is 0 Å². The van der Waals surface area contributed by atoms with Crippen LogP contribution in [0.5, 0.6) is 0 Å². The van der Waals surface area contributed by atoms with Crippen LogP contribution in [0.2, 0.25) is 0 Å². The van der Waals surface area contributed by atoms with E-state index in [1.807, 2.05) is 12.1 Å². The lowest BCUT2D eigenvalue weighted by Gasteiger charge is -2.29. The summed E-state index contributed by atoms with van der Waals surface area (Å²) in [5.41, 5.74) is 1.43. The van der Waals surface area contributed by atoms with Crippen molar-refractivity contribution in [3.63, 3.8) is 0 Å². The lowest BCUT2D eigenvalue weighted by atomic mass is 10.0. The van der Waals surface area contributed by atoms with Gasteiger partial charge in [-0.3, -0.25) is 0 Å². The highest BCUT2D eigenvalue weighted by atomic mass is 35.6. The van der Waals surface area contributed by atoms with Crippen LogP contribution in [-0.4, -0.2) is 3.79 Å². The van der Waals surface area contributed by atoms with Crippen molar-refractivity contribution in [1.82, 2.24) is 0 Å². The molecule has 0 nitrogen and oxygen atoms in total. The number of hydrogen-bond acceptors (Lipinski definition) is 0. The minimum atomic E-state index is -1.79. The highest BCUT2D eigenvalue weighted by Gasteiger charge is 2.48. The Labute approximate surface area is 114 Å². The Morgan fingerprint density at radius 2 is 1.53 bits per heavy atom. The summed E-state index contributed by atoms with van der Waals surface area (Å²) < 4.78 is -3.37. The molecule has 15 heavy (non-hydrogen) atoms. The molecule has 0 aromatic heterocycles. The van der Waals surface area contributed by atoms with Crippen LogP contribution < -0.4 is 0 Å². The largest absolute Gasteiger partial charge is 0.227 e. The van der Waals surface area contributed by atoms with Gasteiger partial charge in [-0.05, 0) is 24.5 Å². The molecular weight excluding hydrogens is 297 g/mol. The fourth-order valence-corrected chi connectivity index (χ4v) is 1.87. The van der Waals surface area contributed by atoms with Gasteiger partial charge in [-0.2, -0.15) is 0 Å². The number of halogens is 5. The average molecular weight is 305 g/mol. The Hall–Kier alpha value is 0.670. The van der Waals surface area contributed by atoms with E-state index in [1.54, 1.807) is 12.1 Å². The van der Waals surface area contributed by atoms with E-state index in [4.69, 9.17) is 58.0 Å². The average Bonchev–Trinajstić information content (AvgIpc) is 2.16. The second-order valence-corrected chi connectivity index (χ2v) is 6.59. The molecule has 1 aromatic carbocycles. The molecule has 0 N–H and O–H groups in total. The Bertz CT molecular complexity index is 340. The van der Waals surface area contributed by atoms with Gasteiger partial charge in [0.15, 0.2) is 4.33 Å². The van der Waals surface area contributed by atoms with Gasteiger partial charge in [0.25, 0.3) is 0 Å². The molecule has 0 heterocycles. The van der Waals surface area contributed by atoms with Crippen LogP contribution in [0.25, 0.3) is 0 Å². The van der Waals surface area contributed by atoms with Crippen LogP contribution >= 0.6 is 58.0 Å². The number of benzene rings is 1. The fraction of sp³-hybridized carbons (Fsp3) is 0.300. The zero-order chi connectivity index (χ0) is 11.7. The minimum absolute atomic E-state index is 0.526. The standard InChI is InChI=1S/C10H8Cl5/c1-2-7-5-3-4-6-8(7)9(11,12)10(13,14)15/h3-6H,1-2H2. The number of alkyl halides is 5. The van der Waals surface area contributed by atoms with Gasteiger partial charge in [0.2, 0.25) is 3.79 Å². The fourth-order valence-electron chi connectivity index (χ4n) is 1.20. The van der Waals surface area contributed by atoms with Gasteiger partial charge < -0.3 is 0 Å². The van der Waals surface area contributed by atoms with Crippen LogP contribution in [0.3, 0.4) is 0 Å². The second kappa shape index (κ2) is 4.89. The zero-order valence-electron chi connectivity index (χ0n) is 7.61. The van der Waals surface area contributed by atoms with Crippen LogP contribution in [0.4, 0.5) is 0 Å². The molecule has 1 radical (unpaired) electrons. The van der Waals surface area contributed by atoms with Crippen molar-refractivity contribution in [1.29, 1.82) is 0 Å². The van der Waals surface area contributed by atoms with Crippen LogP contribution in [-0.2, 0) is 10.8 Å². The summed E-state index contributed by atoms with van der Waals surface area (Å²) >= 11 is 29.3. The zero-order valence-corrected chi connectivity index (χ0v) is 11.4. The maximum absolute atomic E-state index is 6.06. The molecular formula is C10H8Cl5. The lowest BCUT2D eigenvalue weighted by Crippen LogP contribution is -2.29. The molecule has 0 unspecified atom stereocenters. The van der Waals surface area contributed by atoms with Crippen molar-refractivity contribution < 1.29 is 0 Å². The number of rotatable bonds is 2. The topological polar surface area (TPSA) is 0 Å². The van der Waals surface area contributed by atoms with Crippen molar-refractivity contribution in [2.24, 2.45) is 0 Å². The van der Waals surface area contributed by atoms with Gasteiger partial charge in [-0.15, -0.1) is 0 Å². The molecule has 0 saturated carbocycles. The summed E-state index contributed by atoms with van der Waals surface area (Å²) in [4.78, 5) is 0. The molecule has 0 saturated heterocycles. The summed E-state index contributed by atoms with van der Waals surface area (Å²) in [6.07, 6.45) is 0.526. The van der Waals surface area contributed by atoms with Gasteiger partial charge >= 0.3 is 0 Å². The lowest BCUT2D eigenvalue weighted by molar-refractivity contribution is 0.861. The molecule has 0 aliphatic heterocycles. The first-order valence-corrected chi connectivity index (χ1v) is 6.02. The van der Waals surface area contributed by atoms with E-state index in [0.29, 0.717) is 12.0 Å². The molecule has 0 spiro atoms. The van der Waals surface area contributed by atoms with E-state index in [2.05, 4.69) is 6.92 Å². The molecule has 0 atom stereocenters. The molecule has 0 fully saturated rings. The van der Waals surface area contributed by atoms with E-state index < -0.39 is 8.13 Å². The molecule has 1 aromatic rings. The van der Waals surface area contributed by atoms with Crippen LogP contribution in [0, 0.1) is 6.92 Å². The third-order valence-corrected chi connectivity index (χ3v) is 4.39. The maximum atomic E-state index is 6.06. The van der Waals surface area contributed by atoms with Gasteiger partial charge in [-0.1, -0.05) is 82.3 Å². The van der Waals surface area contributed by atoms with Crippen molar-refractivity contribution in [3.8, 4) is 0 Å². The first-order chi connectivity index (χ1) is 6.80. The van der Waals surface area contributed by atoms with Crippen molar-refractivity contribution >= 4 is 58.0 Å². The maximum Gasteiger partial charge on any atom is 0.227 e. The molecule has 0 bridgehead atoms. The predicted molar refractivity (Wildman–Crippen MR) is 69.2 cm³/mol. The highest BCUT2D eigenvalue weighted by molar-refractivity contribution is 6.75. The van der Waals surface area contributed by atoms with E-state index >= 15 is 0 Å². The predicted octanol–water partition coefficient (Wildman–Crippen LogP) is 5.06. The Kier molecular flexibility index (Phi) is 4.48. The first-order valence-electron chi connectivity index (χ1n) is 4.13. The number of hydrogen-bond donors (Lipinski definition) is 0.